The molecule has 31 heavy (non-hydrogen) atoms. The Morgan fingerprint density at radius 1 is 1.03 bits per heavy atom. The highest BCUT2D eigenvalue weighted by molar-refractivity contribution is 5.84. The topological polar surface area (TPSA) is 47.6 Å². The minimum absolute atomic E-state index is 0.132. The van der Waals surface area contributed by atoms with E-state index < -0.39 is 0 Å². The summed E-state index contributed by atoms with van der Waals surface area (Å²) in [5, 5.41) is 5.74. The largest absolute Gasteiger partial charge is 0.490 e. The van der Waals surface area contributed by atoms with Crippen molar-refractivity contribution in [1.82, 2.24) is 5.32 Å². The lowest BCUT2D eigenvalue weighted by Crippen LogP contribution is -2.30. The van der Waals surface area contributed by atoms with Gasteiger partial charge in [-0.05, 0) is 78.0 Å². The average molecular weight is 426 g/mol. The maximum absolute atomic E-state index is 11.5. The Labute approximate surface area is 187 Å². The van der Waals surface area contributed by atoms with Gasteiger partial charge >= 0.3 is 5.97 Å². The first-order valence-electron chi connectivity index (χ1n) is 11.9. The maximum Gasteiger partial charge on any atom is 0.307 e. The van der Waals surface area contributed by atoms with Crippen LogP contribution in [-0.2, 0) is 16.1 Å². The highest BCUT2D eigenvalue weighted by Crippen LogP contribution is 2.39. The number of hydrogen-bond donors (Lipinski definition) is 1. The monoisotopic (exact) mass is 425 g/mol. The van der Waals surface area contributed by atoms with Gasteiger partial charge in [-0.15, -0.1) is 0 Å². The van der Waals surface area contributed by atoms with E-state index in [2.05, 4.69) is 62.5 Å². The molecular weight excluding hydrogens is 386 g/mol. The van der Waals surface area contributed by atoms with Crippen LogP contribution in [0.25, 0.3) is 10.8 Å². The van der Waals surface area contributed by atoms with Crippen LogP contribution in [0, 0.1) is 11.3 Å². The van der Waals surface area contributed by atoms with Crippen LogP contribution in [0.15, 0.2) is 36.4 Å². The van der Waals surface area contributed by atoms with E-state index in [1.165, 1.54) is 29.2 Å². The number of carbonyl (C=O) groups is 1. The Morgan fingerprint density at radius 2 is 1.74 bits per heavy atom. The van der Waals surface area contributed by atoms with Crippen molar-refractivity contribution < 1.29 is 14.3 Å². The third-order valence-electron chi connectivity index (χ3n) is 6.38. The fourth-order valence-corrected chi connectivity index (χ4v) is 4.41. The van der Waals surface area contributed by atoms with Gasteiger partial charge in [0.25, 0.3) is 0 Å². The van der Waals surface area contributed by atoms with Crippen LogP contribution >= 0.6 is 0 Å². The molecule has 2 aromatic carbocycles. The van der Waals surface area contributed by atoms with Crippen LogP contribution in [-0.4, -0.2) is 25.2 Å². The summed E-state index contributed by atoms with van der Waals surface area (Å²) < 4.78 is 11.4. The quantitative estimate of drug-likeness (QED) is 0.381. The second-order valence-corrected chi connectivity index (χ2v) is 9.95. The molecule has 0 radical (unpaired) electrons. The van der Waals surface area contributed by atoms with Crippen LogP contribution in [0.2, 0.25) is 0 Å². The van der Waals surface area contributed by atoms with Crippen molar-refractivity contribution in [3.05, 3.63) is 42.0 Å². The normalized spacial score (nSPS) is 19.4. The number of ether oxygens (including phenoxy) is 2. The molecule has 2 aromatic rings. The SMILES string of the molecule is CCCOC(=O)CCNCc1ccc2cc(OC3CCC(C(C)(C)C)CC3)ccc2c1. The summed E-state index contributed by atoms with van der Waals surface area (Å²) in [5.41, 5.74) is 1.61. The molecule has 1 aliphatic rings. The van der Waals surface area contributed by atoms with Gasteiger partial charge in [0.1, 0.15) is 5.75 Å². The number of benzene rings is 2. The van der Waals surface area contributed by atoms with Crippen LogP contribution in [0.1, 0.15) is 71.8 Å². The van der Waals surface area contributed by atoms with E-state index in [-0.39, 0.29) is 5.97 Å². The highest BCUT2D eigenvalue weighted by Gasteiger charge is 2.30. The van der Waals surface area contributed by atoms with Crippen LogP contribution in [0.5, 0.6) is 5.75 Å². The van der Waals surface area contributed by atoms with E-state index >= 15 is 0 Å². The van der Waals surface area contributed by atoms with E-state index in [0.29, 0.717) is 31.1 Å². The first kappa shape index (κ1) is 23.6. The molecule has 1 saturated carbocycles. The maximum atomic E-state index is 11.5. The van der Waals surface area contributed by atoms with Crippen molar-refractivity contribution in [2.75, 3.05) is 13.2 Å². The molecule has 0 amide bonds. The van der Waals surface area contributed by atoms with Gasteiger partial charge in [0.2, 0.25) is 0 Å². The van der Waals surface area contributed by atoms with Crippen LogP contribution < -0.4 is 10.1 Å². The molecule has 0 aliphatic heterocycles. The Kier molecular flexibility index (Phi) is 8.36. The molecule has 170 valence electrons. The molecule has 0 atom stereocenters. The van der Waals surface area contributed by atoms with Gasteiger partial charge in [0.05, 0.1) is 19.1 Å². The summed E-state index contributed by atoms with van der Waals surface area (Å²) in [6, 6.07) is 12.9. The first-order valence-corrected chi connectivity index (χ1v) is 11.9. The Morgan fingerprint density at radius 3 is 2.45 bits per heavy atom. The van der Waals surface area contributed by atoms with Gasteiger partial charge in [-0.1, -0.05) is 45.9 Å². The van der Waals surface area contributed by atoms with Crippen molar-refractivity contribution in [3.8, 4) is 5.75 Å². The van der Waals surface area contributed by atoms with Gasteiger partial charge in [-0.25, -0.2) is 0 Å². The lowest BCUT2D eigenvalue weighted by molar-refractivity contribution is -0.143. The van der Waals surface area contributed by atoms with Crippen molar-refractivity contribution in [2.24, 2.45) is 11.3 Å². The molecule has 0 spiro atoms. The number of esters is 1. The summed E-state index contributed by atoms with van der Waals surface area (Å²) in [4.78, 5) is 11.5. The predicted octanol–water partition coefficient (Wildman–Crippen LogP) is 6.26. The molecule has 1 N–H and O–H groups in total. The van der Waals surface area contributed by atoms with E-state index in [1.54, 1.807) is 0 Å². The van der Waals surface area contributed by atoms with E-state index in [0.717, 1.165) is 37.5 Å². The zero-order valence-corrected chi connectivity index (χ0v) is 19.7. The van der Waals surface area contributed by atoms with E-state index in [4.69, 9.17) is 9.47 Å². The molecule has 0 heterocycles. The van der Waals surface area contributed by atoms with Crippen molar-refractivity contribution in [2.45, 2.75) is 78.9 Å². The minimum atomic E-state index is -0.132. The molecule has 0 saturated heterocycles. The second-order valence-electron chi connectivity index (χ2n) is 9.95. The summed E-state index contributed by atoms with van der Waals surface area (Å²) in [5.74, 6) is 1.65. The van der Waals surface area contributed by atoms with Crippen LogP contribution in [0.4, 0.5) is 0 Å². The van der Waals surface area contributed by atoms with Crippen molar-refractivity contribution >= 4 is 16.7 Å². The molecule has 4 heteroatoms. The second kappa shape index (κ2) is 11.0. The molecule has 0 aromatic heterocycles. The summed E-state index contributed by atoms with van der Waals surface area (Å²) in [7, 11) is 0. The number of hydrogen-bond acceptors (Lipinski definition) is 4. The molecule has 0 unspecified atom stereocenters. The Bertz CT molecular complexity index is 847. The molecule has 1 aliphatic carbocycles. The lowest BCUT2D eigenvalue weighted by atomic mass is 9.72. The average Bonchev–Trinajstić information content (AvgIpc) is 2.75. The smallest absolute Gasteiger partial charge is 0.307 e. The first-order chi connectivity index (χ1) is 14.8. The zero-order valence-electron chi connectivity index (χ0n) is 19.7. The number of rotatable bonds is 9. The number of nitrogens with one attached hydrogen (secondary N) is 1. The van der Waals surface area contributed by atoms with E-state index in [9.17, 15) is 4.79 Å². The predicted molar refractivity (Wildman–Crippen MR) is 127 cm³/mol. The minimum Gasteiger partial charge on any atom is -0.490 e. The Balaban J connectivity index is 1.48. The van der Waals surface area contributed by atoms with Crippen LogP contribution in [0.3, 0.4) is 0 Å². The molecule has 3 rings (SSSR count). The lowest BCUT2D eigenvalue weighted by Gasteiger charge is -2.37. The van der Waals surface area contributed by atoms with Gasteiger partial charge in [0.15, 0.2) is 0 Å². The molecule has 1 fully saturated rings. The summed E-state index contributed by atoms with van der Waals surface area (Å²) in [6.07, 6.45) is 6.42. The van der Waals surface area contributed by atoms with Crippen molar-refractivity contribution in [3.63, 3.8) is 0 Å². The van der Waals surface area contributed by atoms with Gasteiger partial charge in [-0.2, -0.15) is 0 Å². The number of fused-ring (bicyclic) bond motifs is 1. The number of carbonyl (C=O) groups excluding carboxylic acids is 1. The molecule has 4 nitrogen and oxygen atoms in total. The third kappa shape index (κ3) is 7.24. The zero-order chi connectivity index (χ0) is 22.3. The molecule has 0 bridgehead atoms. The summed E-state index contributed by atoms with van der Waals surface area (Å²) >= 11 is 0. The molecular formula is C27H39NO3. The van der Waals surface area contributed by atoms with E-state index in [1.807, 2.05) is 6.92 Å². The van der Waals surface area contributed by atoms with Gasteiger partial charge in [-0.3, -0.25) is 4.79 Å². The van der Waals surface area contributed by atoms with Gasteiger partial charge in [0, 0.05) is 13.1 Å². The van der Waals surface area contributed by atoms with Gasteiger partial charge < -0.3 is 14.8 Å². The third-order valence-corrected chi connectivity index (χ3v) is 6.38. The van der Waals surface area contributed by atoms with Crippen molar-refractivity contribution in [1.29, 1.82) is 0 Å². The highest BCUT2D eigenvalue weighted by atomic mass is 16.5. The fourth-order valence-electron chi connectivity index (χ4n) is 4.41. The fraction of sp³-hybridized carbons (Fsp3) is 0.593. The standard InChI is InChI=1S/C27H39NO3/c1-5-16-30-26(29)14-15-28-19-20-6-7-22-18-25(11-8-21(22)17-20)31-24-12-9-23(10-13-24)27(2,3)4/h6-8,11,17-18,23-24,28H,5,9-10,12-16,19H2,1-4H3. The Hall–Kier alpha value is -2.07. The summed E-state index contributed by atoms with van der Waals surface area (Å²) in [6.45, 7) is 10.9.